The van der Waals surface area contributed by atoms with Gasteiger partial charge in [0.2, 0.25) is 41.4 Å². The van der Waals surface area contributed by atoms with Gasteiger partial charge in [0, 0.05) is 38.9 Å². The van der Waals surface area contributed by atoms with Crippen LogP contribution in [0.1, 0.15) is 167 Å². The van der Waals surface area contributed by atoms with Gasteiger partial charge < -0.3 is 75.7 Å². The molecule has 0 rings (SSSR count). The minimum Gasteiger partial charge on any atom is -0.481 e. The molecule has 0 aliphatic carbocycles. The van der Waals surface area contributed by atoms with Gasteiger partial charge in [-0.05, 0) is 69.8 Å². The number of hydrogen-bond donors (Lipinski definition) is 16. The molecule has 0 unspecified atom stereocenters. The number of carbonyl (C=O) groups excluding carboxylic acids is 7. The summed E-state index contributed by atoms with van der Waals surface area (Å²) in [5.41, 5.74) is 22.1. The maximum atomic E-state index is 14.1. The van der Waals surface area contributed by atoms with Gasteiger partial charge >= 0.3 is 11.9 Å². The van der Waals surface area contributed by atoms with Crippen LogP contribution in [-0.4, -0.2) is 143 Å². The molecular formula is C48H90N14O11S. The Balaban J connectivity index is 6.20. The normalized spacial score (nSPS) is 13.3. The van der Waals surface area contributed by atoms with Gasteiger partial charge in [0.25, 0.3) is 0 Å². The number of primary amides is 1. The third-order valence-electron chi connectivity index (χ3n) is 11.9. The fraction of sp³-hybridized carbons (Fsp3) is 0.771. The van der Waals surface area contributed by atoms with Crippen LogP contribution in [0.15, 0.2) is 0 Å². The molecule has 0 aromatic heterocycles. The second kappa shape index (κ2) is 42.4. The fourth-order valence-electron chi connectivity index (χ4n) is 7.63. The minimum atomic E-state index is -1.52. The van der Waals surface area contributed by atoms with E-state index in [9.17, 15) is 48.3 Å². The Bertz CT molecular complexity index is 1750. The maximum absolute atomic E-state index is 14.1. The molecule has 0 aliphatic heterocycles. The van der Waals surface area contributed by atoms with Gasteiger partial charge in [-0.1, -0.05) is 90.4 Å². The summed E-state index contributed by atoms with van der Waals surface area (Å²) in [6, 6.07) is -8.20. The Morgan fingerprint density at radius 1 is 0.432 bits per heavy atom. The van der Waals surface area contributed by atoms with Crippen molar-refractivity contribution in [2.45, 2.75) is 204 Å². The van der Waals surface area contributed by atoms with Crippen molar-refractivity contribution in [3.63, 3.8) is 0 Å². The van der Waals surface area contributed by atoms with Gasteiger partial charge in [0.05, 0.1) is 6.04 Å². The Hall–Kier alpha value is -5.92. The summed E-state index contributed by atoms with van der Waals surface area (Å²) < 4.78 is 0. The molecule has 74 heavy (non-hydrogen) atoms. The number of hydrogen-bond acceptors (Lipinski definition) is 13. The van der Waals surface area contributed by atoms with Crippen molar-refractivity contribution in [1.82, 2.24) is 42.5 Å². The van der Waals surface area contributed by atoms with Crippen LogP contribution in [0, 0.1) is 10.8 Å². The lowest BCUT2D eigenvalue weighted by molar-refractivity contribution is -0.139. The molecule has 0 aromatic rings. The molecular weight excluding hydrogens is 981 g/mol. The summed E-state index contributed by atoms with van der Waals surface area (Å²) in [6.45, 7) is 2.94. The van der Waals surface area contributed by atoms with Crippen LogP contribution in [0.3, 0.4) is 0 Å². The Morgan fingerprint density at radius 2 is 0.770 bits per heavy atom. The number of unbranched alkanes of at least 4 members (excludes halogenated alkanes) is 13. The molecule has 25 nitrogen and oxygen atoms in total. The predicted octanol–water partition coefficient (Wildman–Crippen LogP) is 0.610. The Kier molecular flexibility index (Phi) is 39.0. The number of carboxylic acids is 2. The summed E-state index contributed by atoms with van der Waals surface area (Å²) >= 11 is 1.31. The number of aliphatic carboxylic acids is 2. The van der Waals surface area contributed by atoms with Gasteiger partial charge in [0.1, 0.15) is 30.2 Å². The smallest absolute Gasteiger partial charge is 0.303 e. The van der Waals surface area contributed by atoms with Crippen LogP contribution in [0.25, 0.3) is 0 Å². The molecule has 0 saturated heterocycles. The summed E-state index contributed by atoms with van der Waals surface area (Å²) in [7, 11) is 0. The number of carbonyl (C=O) groups is 9. The molecule has 6 atom stereocenters. The average molecular weight is 1070 g/mol. The average Bonchev–Trinajstić information content (AvgIpc) is 3.34. The number of amides is 7. The minimum absolute atomic E-state index is 0.0282. The third-order valence-corrected chi connectivity index (χ3v) is 12.6. The van der Waals surface area contributed by atoms with E-state index in [1.807, 2.05) is 0 Å². The van der Waals surface area contributed by atoms with Gasteiger partial charge in [0.15, 0.2) is 11.9 Å². The van der Waals surface area contributed by atoms with E-state index in [4.69, 9.17) is 38.9 Å². The van der Waals surface area contributed by atoms with Crippen molar-refractivity contribution >= 4 is 77.0 Å². The maximum Gasteiger partial charge on any atom is 0.303 e. The molecule has 0 heterocycles. The standard InChI is InChI=1S/C48H90N14O11S/c1-3-4-5-6-7-8-9-10-11-12-13-14-15-16-28-55-42(69)33(19-17-29-56-47(51)52)59-43(70)34(20-18-30-57-48(53)54)60-44(71)35(22-24-38(50)63)61-46(73)37(27-31-74-2)62-45(72)36(23-26-40(66)67)58-41(68)32(49)21-25-39(64)65/h32-37H,3-31,49H2,1-2H3,(H2,50,63)(H,55,69)(H,58,68)(H,59,70)(H,60,71)(H,61,73)(H,62,72)(H,64,65)(H,66,67)(H4,51,52,56)(H4,53,54,57)/t32-,33-,34-,35-,36-,37-/m0/s1. The largest absolute Gasteiger partial charge is 0.481 e. The van der Waals surface area contributed by atoms with E-state index in [1.165, 1.54) is 76.0 Å². The van der Waals surface area contributed by atoms with Crippen LogP contribution in [0.4, 0.5) is 0 Å². The highest BCUT2D eigenvalue weighted by Gasteiger charge is 2.33. The van der Waals surface area contributed by atoms with Crippen molar-refractivity contribution in [2.24, 2.45) is 22.9 Å². The van der Waals surface area contributed by atoms with E-state index in [-0.39, 0.29) is 69.3 Å². The van der Waals surface area contributed by atoms with Gasteiger partial charge in [-0.2, -0.15) is 11.8 Å². The van der Waals surface area contributed by atoms with E-state index >= 15 is 0 Å². The molecule has 0 bridgehead atoms. The monoisotopic (exact) mass is 1070 g/mol. The quantitative estimate of drug-likeness (QED) is 0.0226. The number of nitrogens with one attached hydrogen (secondary N) is 10. The van der Waals surface area contributed by atoms with Gasteiger partial charge in [-0.3, -0.25) is 54.0 Å². The molecule has 0 spiro atoms. The number of guanidine groups is 2. The summed E-state index contributed by atoms with van der Waals surface area (Å²) in [4.78, 5) is 117. The number of carboxylic acid groups (broad SMARTS) is 2. The summed E-state index contributed by atoms with van der Waals surface area (Å²) in [5.74, 6) is -8.64. The summed E-state index contributed by atoms with van der Waals surface area (Å²) in [5, 5.41) is 54.2. The van der Waals surface area contributed by atoms with E-state index < -0.39 is 115 Å². The predicted molar refractivity (Wildman–Crippen MR) is 284 cm³/mol. The lowest BCUT2D eigenvalue weighted by Gasteiger charge is -2.27. The first-order valence-corrected chi connectivity index (χ1v) is 27.5. The van der Waals surface area contributed by atoms with Crippen molar-refractivity contribution in [1.29, 1.82) is 10.8 Å². The zero-order valence-corrected chi connectivity index (χ0v) is 44.6. The van der Waals surface area contributed by atoms with E-state index in [2.05, 4.69) is 49.5 Å². The van der Waals surface area contributed by atoms with Crippen LogP contribution < -0.4 is 65.5 Å². The number of rotatable bonds is 46. The molecule has 0 fully saturated rings. The van der Waals surface area contributed by atoms with Crippen LogP contribution in [0.5, 0.6) is 0 Å². The molecule has 0 aromatic carbocycles. The number of nitrogens with two attached hydrogens (primary N) is 4. The highest BCUT2D eigenvalue weighted by atomic mass is 32.2. The first-order chi connectivity index (χ1) is 35.2. The fourth-order valence-corrected chi connectivity index (χ4v) is 8.10. The Morgan fingerprint density at radius 3 is 1.16 bits per heavy atom. The SMILES string of the molecule is CCCCCCCCCCCCCCCCNC(=O)[C@H](CCCNC(=N)N)NC(=O)[C@H](CCCNC(=N)N)NC(=O)[C@H](CCC(N)=O)NC(=O)[C@H](CCSC)NC(=O)[C@H](CCC(=O)O)NC(=O)[C@@H](N)CCC(=O)O. The lowest BCUT2D eigenvalue weighted by atomic mass is 10.0. The van der Waals surface area contributed by atoms with Crippen molar-refractivity contribution in [3.8, 4) is 0 Å². The zero-order valence-electron chi connectivity index (χ0n) is 43.8. The van der Waals surface area contributed by atoms with Crippen molar-refractivity contribution < 1.29 is 53.4 Å². The lowest BCUT2D eigenvalue weighted by Crippen LogP contribution is -2.59. The molecule has 424 valence electrons. The Labute approximate surface area is 440 Å². The molecule has 0 saturated carbocycles. The molecule has 0 aliphatic rings. The molecule has 7 amide bonds. The van der Waals surface area contributed by atoms with Crippen LogP contribution >= 0.6 is 11.8 Å². The first kappa shape index (κ1) is 68.1. The van der Waals surface area contributed by atoms with E-state index in [0.29, 0.717) is 13.0 Å². The highest BCUT2D eigenvalue weighted by Crippen LogP contribution is 2.14. The number of thioether (sulfide) groups is 1. The first-order valence-electron chi connectivity index (χ1n) is 26.1. The van der Waals surface area contributed by atoms with Crippen LogP contribution in [-0.2, 0) is 43.2 Å². The topological polar surface area (TPSA) is 442 Å². The zero-order chi connectivity index (χ0) is 55.7. The highest BCUT2D eigenvalue weighted by molar-refractivity contribution is 7.98. The van der Waals surface area contributed by atoms with E-state index in [0.717, 1.165) is 25.7 Å². The van der Waals surface area contributed by atoms with Crippen LogP contribution in [0.2, 0.25) is 0 Å². The van der Waals surface area contributed by atoms with Gasteiger partial charge in [-0.25, -0.2) is 0 Å². The van der Waals surface area contributed by atoms with Crippen molar-refractivity contribution in [2.75, 3.05) is 31.6 Å². The van der Waals surface area contributed by atoms with E-state index in [1.54, 1.807) is 6.26 Å². The second-order valence-corrected chi connectivity index (χ2v) is 19.4. The molecule has 0 radical (unpaired) electrons. The van der Waals surface area contributed by atoms with Crippen molar-refractivity contribution in [3.05, 3.63) is 0 Å². The molecule has 26 heteroatoms. The van der Waals surface area contributed by atoms with Gasteiger partial charge in [-0.15, -0.1) is 0 Å². The third kappa shape index (κ3) is 36.1. The summed E-state index contributed by atoms with van der Waals surface area (Å²) in [6.07, 6.45) is 16.2. The second-order valence-electron chi connectivity index (χ2n) is 18.4. The molecule has 20 N–H and O–H groups in total.